The Bertz CT molecular complexity index is 785. The molecule has 12 atom stereocenters. The lowest BCUT2D eigenvalue weighted by Crippen LogP contribution is -2.65. The van der Waals surface area contributed by atoms with Crippen molar-refractivity contribution < 1.29 is 64.6 Å². The molecule has 0 aromatic carbocycles. The molecule has 0 bridgehead atoms. The third-order valence-corrected chi connectivity index (χ3v) is 7.54. The molecule has 2 aliphatic rings. The summed E-state index contributed by atoms with van der Waals surface area (Å²) in [7, 11) is 0. The zero-order valence-corrected chi connectivity index (χ0v) is 24.5. The summed E-state index contributed by atoms with van der Waals surface area (Å²) in [5.41, 5.74) is 0. The predicted octanol–water partition coefficient (Wildman–Crippen LogP) is -1.81. The summed E-state index contributed by atoms with van der Waals surface area (Å²) in [6, 6.07) is -0.901. The van der Waals surface area contributed by atoms with E-state index in [1.54, 1.807) is 13.0 Å². The van der Waals surface area contributed by atoms with Crippen LogP contribution in [0.5, 0.6) is 0 Å². The second kappa shape index (κ2) is 19.2. The Hall–Kier alpha value is -1.27. The number of rotatable bonds is 18. The fourth-order valence-corrected chi connectivity index (χ4v) is 4.84. The molecule has 0 spiro atoms. The number of hydrogen-bond acceptors (Lipinski definition) is 13. The highest BCUT2D eigenvalue weighted by Crippen LogP contribution is 2.29. The van der Waals surface area contributed by atoms with E-state index < -0.39 is 86.8 Å². The van der Waals surface area contributed by atoms with Crippen LogP contribution < -0.4 is 5.32 Å². The number of nitrogens with one attached hydrogen (secondary N) is 1. The van der Waals surface area contributed by atoms with Crippen molar-refractivity contribution in [2.24, 2.45) is 0 Å². The van der Waals surface area contributed by atoms with E-state index in [0.717, 1.165) is 25.7 Å². The van der Waals surface area contributed by atoms with Gasteiger partial charge in [0, 0.05) is 6.42 Å². The molecular formula is C28H51NO13. The molecule has 0 aromatic rings. The maximum absolute atomic E-state index is 12.1. The van der Waals surface area contributed by atoms with E-state index >= 15 is 0 Å². The fourth-order valence-electron chi connectivity index (χ4n) is 4.84. The molecule has 0 saturated carbocycles. The molecule has 2 saturated heterocycles. The van der Waals surface area contributed by atoms with Crippen molar-refractivity contribution in [3.05, 3.63) is 12.2 Å². The van der Waals surface area contributed by atoms with Crippen LogP contribution in [0, 0.1) is 0 Å². The SMILES string of the molecule is CCCCCCCC/C=C/C(O)C(COC1OC(CO)C(OC2OC(CO)C(O)C(O)C2O)C(O)C1O)NC(=O)CC. The van der Waals surface area contributed by atoms with E-state index in [1.165, 1.54) is 19.3 Å². The molecular weight excluding hydrogens is 558 g/mol. The molecule has 0 aromatic heterocycles. The van der Waals surface area contributed by atoms with E-state index in [2.05, 4.69) is 12.2 Å². The van der Waals surface area contributed by atoms with Gasteiger partial charge in [-0.2, -0.15) is 0 Å². The molecule has 0 radical (unpaired) electrons. The summed E-state index contributed by atoms with van der Waals surface area (Å²) in [6.07, 6.45) is -5.74. The second-order valence-corrected chi connectivity index (χ2v) is 10.8. The van der Waals surface area contributed by atoms with Crippen molar-refractivity contribution in [2.75, 3.05) is 19.8 Å². The van der Waals surface area contributed by atoms with Gasteiger partial charge in [0.25, 0.3) is 0 Å². The van der Waals surface area contributed by atoms with Crippen LogP contribution in [0.4, 0.5) is 0 Å². The highest BCUT2D eigenvalue weighted by molar-refractivity contribution is 5.75. The molecule has 14 nitrogen and oxygen atoms in total. The Labute approximate surface area is 246 Å². The van der Waals surface area contributed by atoms with Gasteiger partial charge in [-0.05, 0) is 12.8 Å². The van der Waals surface area contributed by atoms with Gasteiger partial charge < -0.3 is 65.1 Å². The Morgan fingerprint density at radius 3 is 2.10 bits per heavy atom. The highest BCUT2D eigenvalue weighted by Gasteiger charge is 2.50. The summed E-state index contributed by atoms with van der Waals surface area (Å²) in [4.78, 5) is 12.1. The first-order valence-electron chi connectivity index (χ1n) is 14.9. The number of allylic oxidation sites excluding steroid dienone is 1. The summed E-state index contributed by atoms with van der Waals surface area (Å²) in [5.74, 6) is -0.335. The largest absolute Gasteiger partial charge is 0.394 e. The smallest absolute Gasteiger partial charge is 0.220 e. The first kappa shape index (κ1) is 36.9. The summed E-state index contributed by atoms with van der Waals surface area (Å²) in [6.45, 7) is 2.09. The Morgan fingerprint density at radius 1 is 0.833 bits per heavy atom. The fraction of sp³-hybridized carbons (Fsp3) is 0.893. The summed E-state index contributed by atoms with van der Waals surface area (Å²) < 4.78 is 22.1. The van der Waals surface area contributed by atoms with Gasteiger partial charge in [-0.25, -0.2) is 0 Å². The van der Waals surface area contributed by atoms with Crippen LogP contribution in [0.15, 0.2) is 12.2 Å². The summed E-state index contributed by atoms with van der Waals surface area (Å²) >= 11 is 0. The molecule has 1 amide bonds. The molecule has 2 heterocycles. The minimum absolute atomic E-state index is 0.162. The van der Waals surface area contributed by atoms with E-state index in [0.29, 0.717) is 0 Å². The highest BCUT2D eigenvalue weighted by atomic mass is 16.7. The van der Waals surface area contributed by atoms with E-state index in [4.69, 9.17) is 18.9 Å². The molecule has 0 aliphatic carbocycles. The zero-order chi connectivity index (χ0) is 31.2. The lowest BCUT2D eigenvalue weighted by Gasteiger charge is -2.46. The topological polar surface area (TPSA) is 228 Å². The minimum Gasteiger partial charge on any atom is -0.394 e. The third kappa shape index (κ3) is 10.7. The van der Waals surface area contributed by atoms with Gasteiger partial charge in [-0.1, -0.05) is 58.1 Å². The maximum atomic E-state index is 12.1. The monoisotopic (exact) mass is 609 g/mol. The summed E-state index contributed by atoms with van der Waals surface area (Å²) in [5, 5.41) is 84.4. The lowest BCUT2D eigenvalue weighted by molar-refractivity contribution is -0.359. The van der Waals surface area contributed by atoms with Gasteiger partial charge in [0.05, 0.1) is 32.0 Å². The van der Waals surface area contributed by atoms with Crippen molar-refractivity contribution in [3.8, 4) is 0 Å². The number of carbonyl (C=O) groups is 1. The molecule has 246 valence electrons. The first-order chi connectivity index (χ1) is 20.1. The lowest BCUT2D eigenvalue weighted by atomic mass is 9.97. The third-order valence-electron chi connectivity index (χ3n) is 7.54. The molecule has 2 fully saturated rings. The van der Waals surface area contributed by atoms with Gasteiger partial charge in [-0.3, -0.25) is 4.79 Å². The maximum Gasteiger partial charge on any atom is 0.220 e. The van der Waals surface area contributed by atoms with Crippen molar-refractivity contribution in [2.45, 2.75) is 139 Å². The van der Waals surface area contributed by atoms with Gasteiger partial charge >= 0.3 is 0 Å². The number of unbranched alkanes of at least 4 members (excludes halogenated alkanes) is 6. The van der Waals surface area contributed by atoms with Crippen molar-refractivity contribution in [1.29, 1.82) is 0 Å². The first-order valence-corrected chi connectivity index (χ1v) is 14.9. The zero-order valence-electron chi connectivity index (χ0n) is 24.5. The number of aliphatic hydroxyl groups excluding tert-OH is 8. The molecule has 14 heteroatoms. The van der Waals surface area contributed by atoms with Crippen molar-refractivity contribution >= 4 is 5.91 Å². The number of carbonyl (C=O) groups excluding carboxylic acids is 1. The predicted molar refractivity (Wildman–Crippen MR) is 148 cm³/mol. The van der Waals surface area contributed by atoms with Crippen LogP contribution in [0.1, 0.15) is 65.2 Å². The Morgan fingerprint density at radius 2 is 1.45 bits per heavy atom. The van der Waals surface area contributed by atoms with Crippen LogP contribution in [-0.2, 0) is 23.7 Å². The molecule has 42 heavy (non-hydrogen) atoms. The number of amides is 1. The van der Waals surface area contributed by atoms with Gasteiger partial charge in [0.2, 0.25) is 5.91 Å². The van der Waals surface area contributed by atoms with Crippen molar-refractivity contribution in [1.82, 2.24) is 5.32 Å². The van der Waals surface area contributed by atoms with Gasteiger partial charge in [-0.15, -0.1) is 0 Å². The Kier molecular flexibility index (Phi) is 16.9. The van der Waals surface area contributed by atoms with E-state index in [1.807, 2.05) is 6.08 Å². The van der Waals surface area contributed by atoms with Crippen LogP contribution in [0.3, 0.4) is 0 Å². The molecule has 2 rings (SSSR count). The van der Waals surface area contributed by atoms with Gasteiger partial charge in [0.1, 0.15) is 48.8 Å². The van der Waals surface area contributed by atoms with Crippen LogP contribution >= 0.6 is 0 Å². The molecule has 9 N–H and O–H groups in total. The average molecular weight is 610 g/mol. The second-order valence-electron chi connectivity index (χ2n) is 10.8. The van der Waals surface area contributed by atoms with Gasteiger partial charge in [0.15, 0.2) is 12.6 Å². The van der Waals surface area contributed by atoms with Crippen LogP contribution in [0.25, 0.3) is 0 Å². The number of hydrogen-bond donors (Lipinski definition) is 9. The Balaban J connectivity index is 1.99. The molecule has 2 aliphatic heterocycles. The van der Waals surface area contributed by atoms with Crippen LogP contribution in [-0.4, -0.2) is 140 Å². The standard InChI is InChI=1S/C28H51NO13/c1-3-5-6-7-8-9-10-11-12-17(32)16(29-20(33)4-2)15-39-27-25(38)23(36)26(19(14-31)41-27)42-28-24(37)22(35)21(34)18(13-30)40-28/h11-12,16-19,21-28,30-32,34-38H,3-10,13-15H2,1-2H3,(H,29,33)/b12-11+. The van der Waals surface area contributed by atoms with E-state index in [-0.39, 0.29) is 18.9 Å². The average Bonchev–Trinajstić information content (AvgIpc) is 2.99. The normalized spacial score (nSPS) is 35.3. The van der Waals surface area contributed by atoms with Crippen LogP contribution in [0.2, 0.25) is 0 Å². The number of ether oxygens (including phenoxy) is 4. The van der Waals surface area contributed by atoms with E-state index in [9.17, 15) is 45.6 Å². The quantitative estimate of drug-likeness (QED) is 0.0617. The molecule has 12 unspecified atom stereocenters. The minimum atomic E-state index is -1.78. The van der Waals surface area contributed by atoms with Crippen molar-refractivity contribution in [3.63, 3.8) is 0 Å². The number of aliphatic hydroxyl groups is 8.